The van der Waals surface area contributed by atoms with Crippen LogP contribution in [0.5, 0.6) is 0 Å². The van der Waals surface area contributed by atoms with Crippen LogP contribution in [0, 0.1) is 6.92 Å². The average molecular weight is 284 g/mol. The molecule has 0 aliphatic rings. The van der Waals surface area contributed by atoms with Gasteiger partial charge in [-0.15, -0.1) is 0 Å². The molecule has 0 aromatic heterocycles. The Hall–Kier alpha value is -1.40. The lowest BCUT2D eigenvalue weighted by atomic mass is 10.2. The highest BCUT2D eigenvalue weighted by molar-refractivity contribution is 7.89. The summed E-state index contributed by atoms with van der Waals surface area (Å²) in [7, 11) is -2.21. The molecule has 6 heteroatoms. The topological polar surface area (TPSA) is 66.5 Å². The fourth-order valence-electron chi connectivity index (χ4n) is 1.62. The fraction of sp³-hybridized carbons (Fsp3) is 0.462. The first-order valence-electron chi connectivity index (χ1n) is 6.18. The van der Waals surface area contributed by atoms with Gasteiger partial charge in [-0.05, 0) is 25.0 Å². The molecule has 5 nitrogen and oxygen atoms in total. The van der Waals surface area contributed by atoms with Gasteiger partial charge in [0, 0.05) is 13.6 Å². The maximum Gasteiger partial charge on any atom is 0.243 e. The molecule has 1 N–H and O–H groups in total. The van der Waals surface area contributed by atoms with Gasteiger partial charge in [0.15, 0.2) is 0 Å². The van der Waals surface area contributed by atoms with Crippen molar-refractivity contribution in [2.75, 3.05) is 20.1 Å². The van der Waals surface area contributed by atoms with Gasteiger partial charge in [-0.25, -0.2) is 8.42 Å². The molecular formula is C13H20N2O3S. The molecule has 19 heavy (non-hydrogen) atoms. The van der Waals surface area contributed by atoms with Crippen LogP contribution in [0.2, 0.25) is 0 Å². The van der Waals surface area contributed by atoms with Gasteiger partial charge in [-0.2, -0.15) is 4.31 Å². The number of amides is 1. The van der Waals surface area contributed by atoms with Crippen molar-refractivity contribution >= 4 is 15.9 Å². The van der Waals surface area contributed by atoms with E-state index in [4.69, 9.17) is 0 Å². The van der Waals surface area contributed by atoms with Crippen LogP contribution in [-0.4, -0.2) is 38.8 Å². The minimum atomic E-state index is -3.62. The monoisotopic (exact) mass is 284 g/mol. The molecule has 106 valence electrons. The Morgan fingerprint density at radius 3 is 2.53 bits per heavy atom. The number of hydrogen-bond donors (Lipinski definition) is 1. The summed E-state index contributed by atoms with van der Waals surface area (Å²) in [6.07, 6.45) is 0.819. The van der Waals surface area contributed by atoms with Crippen LogP contribution >= 0.6 is 0 Å². The molecule has 1 rings (SSSR count). The maximum atomic E-state index is 12.3. The largest absolute Gasteiger partial charge is 0.355 e. The number of likely N-dealkylation sites (N-methyl/N-ethyl adjacent to an activating group) is 1. The predicted octanol–water partition coefficient (Wildman–Crippen LogP) is 1.14. The Bertz CT molecular complexity index is 541. The molecule has 0 fully saturated rings. The second-order valence-electron chi connectivity index (χ2n) is 4.38. The average Bonchev–Trinajstić information content (AvgIpc) is 2.36. The van der Waals surface area contributed by atoms with Crippen molar-refractivity contribution in [3.05, 3.63) is 29.8 Å². The maximum absolute atomic E-state index is 12.3. The van der Waals surface area contributed by atoms with Gasteiger partial charge < -0.3 is 5.32 Å². The number of nitrogens with zero attached hydrogens (tertiary/aromatic N) is 1. The van der Waals surface area contributed by atoms with Gasteiger partial charge in [0.25, 0.3) is 0 Å². The van der Waals surface area contributed by atoms with Crippen LogP contribution in [0.25, 0.3) is 0 Å². The van der Waals surface area contributed by atoms with Crippen molar-refractivity contribution in [3.8, 4) is 0 Å². The second-order valence-corrected chi connectivity index (χ2v) is 6.39. The molecule has 0 atom stereocenters. The zero-order chi connectivity index (χ0) is 14.5. The Morgan fingerprint density at radius 2 is 1.95 bits per heavy atom. The van der Waals surface area contributed by atoms with E-state index < -0.39 is 10.0 Å². The first-order chi connectivity index (χ1) is 8.89. The van der Waals surface area contributed by atoms with Crippen molar-refractivity contribution in [2.45, 2.75) is 25.2 Å². The molecule has 0 unspecified atom stereocenters. The van der Waals surface area contributed by atoms with E-state index in [1.165, 1.54) is 7.05 Å². The quantitative estimate of drug-likeness (QED) is 0.852. The molecule has 0 radical (unpaired) electrons. The van der Waals surface area contributed by atoms with Crippen molar-refractivity contribution in [1.29, 1.82) is 0 Å². The number of hydrogen-bond acceptors (Lipinski definition) is 3. The van der Waals surface area contributed by atoms with E-state index in [-0.39, 0.29) is 17.3 Å². The molecule has 1 aromatic rings. The Kier molecular flexibility index (Phi) is 5.50. The third kappa shape index (κ3) is 4.04. The Morgan fingerprint density at radius 1 is 1.32 bits per heavy atom. The van der Waals surface area contributed by atoms with Crippen molar-refractivity contribution < 1.29 is 13.2 Å². The van der Waals surface area contributed by atoms with Crippen molar-refractivity contribution in [2.24, 2.45) is 0 Å². The molecular weight excluding hydrogens is 264 g/mol. The summed E-state index contributed by atoms with van der Waals surface area (Å²) >= 11 is 0. The van der Waals surface area contributed by atoms with E-state index in [1.54, 1.807) is 31.2 Å². The number of carbonyl (C=O) groups is 1. The smallest absolute Gasteiger partial charge is 0.243 e. The molecule has 0 bridgehead atoms. The molecule has 0 aliphatic carbocycles. The number of rotatable bonds is 6. The van der Waals surface area contributed by atoms with Crippen molar-refractivity contribution in [1.82, 2.24) is 9.62 Å². The fourth-order valence-corrected chi connectivity index (χ4v) is 2.97. The zero-order valence-corrected chi connectivity index (χ0v) is 12.3. The van der Waals surface area contributed by atoms with E-state index in [1.807, 2.05) is 6.92 Å². The summed E-state index contributed by atoms with van der Waals surface area (Å²) in [5.74, 6) is -0.290. The lowest BCUT2D eigenvalue weighted by Crippen LogP contribution is -2.38. The highest BCUT2D eigenvalue weighted by atomic mass is 32.2. The summed E-state index contributed by atoms with van der Waals surface area (Å²) < 4.78 is 25.7. The lowest BCUT2D eigenvalue weighted by Gasteiger charge is -2.18. The van der Waals surface area contributed by atoms with Gasteiger partial charge in [0.1, 0.15) is 0 Å². The third-order valence-electron chi connectivity index (χ3n) is 2.72. The van der Waals surface area contributed by atoms with Crippen LogP contribution < -0.4 is 5.32 Å². The van der Waals surface area contributed by atoms with Crippen LogP contribution in [0.15, 0.2) is 29.2 Å². The van der Waals surface area contributed by atoms with Crippen LogP contribution in [0.3, 0.4) is 0 Å². The Balaban J connectivity index is 2.84. The minimum absolute atomic E-state index is 0.170. The summed E-state index contributed by atoms with van der Waals surface area (Å²) in [6, 6.07) is 6.73. The highest BCUT2D eigenvalue weighted by Gasteiger charge is 2.23. The highest BCUT2D eigenvalue weighted by Crippen LogP contribution is 2.17. The number of nitrogens with one attached hydrogen (secondary N) is 1. The lowest BCUT2D eigenvalue weighted by molar-refractivity contribution is -0.121. The van der Waals surface area contributed by atoms with E-state index in [0.29, 0.717) is 12.1 Å². The van der Waals surface area contributed by atoms with Crippen molar-refractivity contribution in [3.63, 3.8) is 0 Å². The predicted molar refractivity (Wildman–Crippen MR) is 74.3 cm³/mol. The van der Waals surface area contributed by atoms with E-state index in [2.05, 4.69) is 5.32 Å². The summed E-state index contributed by atoms with van der Waals surface area (Å²) in [4.78, 5) is 11.8. The summed E-state index contributed by atoms with van der Waals surface area (Å²) in [5, 5.41) is 2.66. The van der Waals surface area contributed by atoms with Crippen LogP contribution in [-0.2, 0) is 14.8 Å². The van der Waals surface area contributed by atoms with E-state index in [0.717, 1.165) is 10.7 Å². The third-order valence-corrected chi connectivity index (χ3v) is 4.68. The molecule has 0 heterocycles. The van der Waals surface area contributed by atoms with E-state index in [9.17, 15) is 13.2 Å². The molecule has 1 amide bonds. The summed E-state index contributed by atoms with van der Waals surface area (Å²) in [5.41, 5.74) is 0.670. The van der Waals surface area contributed by atoms with Gasteiger partial charge in [-0.1, -0.05) is 25.1 Å². The van der Waals surface area contributed by atoms with Gasteiger partial charge in [-0.3, -0.25) is 4.79 Å². The number of sulfonamides is 1. The van der Waals surface area contributed by atoms with Crippen LogP contribution in [0.1, 0.15) is 18.9 Å². The second kappa shape index (κ2) is 6.68. The molecule has 0 aliphatic heterocycles. The van der Waals surface area contributed by atoms with Gasteiger partial charge >= 0.3 is 0 Å². The van der Waals surface area contributed by atoms with Crippen LogP contribution in [0.4, 0.5) is 0 Å². The number of benzene rings is 1. The standard InChI is InChI=1S/C13H20N2O3S/c1-4-9-14-13(16)10-15(3)19(17,18)12-8-6-5-7-11(12)2/h5-8H,4,9-10H2,1-3H3,(H,14,16). The van der Waals surface area contributed by atoms with E-state index >= 15 is 0 Å². The zero-order valence-electron chi connectivity index (χ0n) is 11.5. The number of aryl methyl sites for hydroxylation is 1. The summed E-state index contributed by atoms with van der Waals surface area (Å²) in [6.45, 7) is 4.06. The molecule has 0 saturated carbocycles. The number of carbonyl (C=O) groups excluding carboxylic acids is 1. The molecule has 0 spiro atoms. The van der Waals surface area contributed by atoms with Gasteiger partial charge in [0.2, 0.25) is 15.9 Å². The first kappa shape index (κ1) is 15.7. The van der Waals surface area contributed by atoms with Gasteiger partial charge in [0.05, 0.1) is 11.4 Å². The minimum Gasteiger partial charge on any atom is -0.355 e. The molecule has 1 aromatic carbocycles. The SMILES string of the molecule is CCCNC(=O)CN(C)S(=O)(=O)c1ccccc1C. The normalized spacial score (nSPS) is 11.6. The first-order valence-corrected chi connectivity index (χ1v) is 7.62. The molecule has 0 saturated heterocycles. The Labute approximate surface area is 114 Å².